The Hall–Kier alpha value is -1.97. The zero-order valence-corrected chi connectivity index (χ0v) is 12.8. The number of aromatic amines is 1. The van der Waals surface area contributed by atoms with Crippen molar-refractivity contribution >= 4 is 17.0 Å². The molecule has 112 valence electrons. The van der Waals surface area contributed by atoms with E-state index in [4.69, 9.17) is 4.74 Å². The lowest BCUT2D eigenvalue weighted by Gasteiger charge is -2.24. The van der Waals surface area contributed by atoms with E-state index in [0.29, 0.717) is 5.92 Å². The number of hydrogen-bond acceptors (Lipinski definition) is 2. The van der Waals surface area contributed by atoms with Crippen LogP contribution in [0.25, 0.3) is 10.9 Å². The zero-order valence-electron chi connectivity index (χ0n) is 12.8. The van der Waals surface area contributed by atoms with Gasteiger partial charge in [-0.1, -0.05) is 6.07 Å². The summed E-state index contributed by atoms with van der Waals surface area (Å²) in [6.45, 7) is 7.21. The van der Waals surface area contributed by atoms with Gasteiger partial charge in [-0.05, 0) is 56.3 Å². The summed E-state index contributed by atoms with van der Waals surface area (Å²) in [5, 5.41) is 1.23. The lowest BCUT2D eigenvalue weighted by atomic mass is 9.97. The minimum Gasteiger partial charge on any atom is -0.444 e. The summed E-state index contributed by atoms with van der Waals surface area (Å²) in [7, 11) is 0. The quantitative estimate of drug-likeness (QED) is 0.864. The second-order valence-corrected chi connectivity index (χ2v) is 6.74. The third kappa shape index (κ3) is 3.04. The number of amides is 1. The van der Waals surface area contributed by atoms with Gasteiger partial charge in [-0.3, -0.25) is 0 Å². The first kappa shape index (κ1) is 14.0. The molecule has 4 nitrogen and oxygen atoms in total. The minimum absolute atomic E-state index is 0.201. The fourth-order valence-electron chi connectivity index (χ4n) is 2.85. The molecular weight excluding hydrogens is 264 g/mol. The van der Waals surface area contributed by atoms with Crippen LogP contribution in [0.4, 0.5) is 4.79 Å². The number of rotatable bonds is 1. The van der Waals surface area contributed by atoms with Crippen molar-refractivity contribution in [2.24, 2.45) is 0 Å². The number of H-pyrrole nitrogens is 1. The van der Waals surface area contributed by atoms with Crippen LogP contribution in [0.2, 0.25) is 0 Å². The summed E-state index contributed by atoms with van der Waals surface area (Å²) in [4.78, 5) is 17.1. The molecule has 1 unspecified atom stereocenters. The normalized spacial score (nSPS) is 19.2. The van der Waals surface area contributed by atoms with Gasteiger partial charge in [0.25, 0.3) is 0 Å². The maximum Gasteiger partial charge on any atom is 0.410 e. The molecule has 2 aromatic rings. The highest BCUT2D eigenvalue weighted by atomic mass is 16.6. The Balaban J connectivity index is 1.70. The molecule has 0 spiro atoms. The van der Waals surface area contributed by atoms with Crippen LogP contribution in [0.15, 0.2) is 30.5 Å². The molecule has 4 heteroatoms. The lowest BCUT2D eigenvalue weighted by molar-refractivity contribution is 0.0292. The topological polar surface area (TPSA) is 45.3 Å². The first-order valence-corrected chi connectivity index (χ1v) is 7.47. The Morgan fingerprint density at radius 1 is 1.33 bits per heavy atom. The minimum atomic E-state index is -0.431. The van der Waals surface area contributed by atoms with E-state index in [-0.39, 0.29) is 6.09 Å². The van der Waals surface area contributed by atoms with Gasteiger partial charge >= 0.3 is 6.09 Å². The summed E-state index contributed by atoms with van der Waals surface area (Å²) in [6, 6.07) is 8.57. The molecule has 1 fully saturated rings. The predicted octanol–water partition coefficient (Wildman–Crippen LogP) is 3.89. The SMILES string of the molecule is CC(C)(C)OC(=O)N1CCC(c2ccc3[nH]ccc3c2)C1. The van der Waals surface area contributed by atoms with E-state index in [9.17, 15) is 4.79 Å². The van der Waals surface area contributed by atoms with Gasteiger partial charge in [0.1, 0.15) is 5.60 Å². The van der Waals surface area contributed by atoms with Crippen LogP contribution in [-0.4, -0.2) is 34.7 Å². The average Bonchev–Trinajstić information content (AvgIpc) is 3.05. The van der Waals surface area contributed by atoms with Crippen LogP contribution in [0, 0.1) is 0 Å². The Morgan fingerprint density at radius 2 is 2.14 bits per heavy atom. The third-order valence-corrected chi connectivity index (χ3v) is 3.89. The van der Waals surface area contributed by atoms with Gasteiger partial charge in [0.05, 0.1) is 0 Å². The smallest absolute Gasteiger partial charge is 0.410 e. The molecule has 0 aliphatic carbocycles. The van der Waals surface area contributed by atoms with Crippen molar-refractivity contribution in [2.45, 2.75) is 38.7 Å². The second kappa shape index (κ2) is 5.10. The van der Waals surface area contributed by atoms with E-state index in [1.807, 2.05) is 31.9 Å². The summed E-state index contributed by atoms with van der Waals surface area (Å²) in [6.07, 6.45) is 2.75. The number of fused-ring (bicyclic) bond motifs is 1. The van der Waals surface area contributed by atoms with Crippen molar-refractivity contribution < 1.29 is 9.53 Å². The highest BCUT2D eigenvalue weighted by Gasteiger charge is 2.30. The molecule has 0 saturated carbocycles. The number of aromatic nitrogens is 1. The molecule has 1 aliphatic rings. The molecule has 1 aromatic carbocycles. The molecule has 1 amide bonds. The third-order valence-electron chi connectivity index (χ3n) is 3.89. The van der Waals surface area contributed by atoms with E-state index in [2.05, 4.69) is 29.2 Å². The monoisotopic (exact) mass is 286 g/mol. The standard InChI is InChI=1S/C17H22N2O2/c1-17(2,3)21-16(20)19-9-7-14(11-19)12-4-5-15-13(10-12)6-8-18-15/h4-6,8,10,14,18H,7,9,11H2,1-3H3. The number of carbonyl (C=O) groups excluding carboxylic acids is 1. The molecule has 3 rings (SSSR count). The largest absolute Gasteiger partial charge is 0.444 e. The Labute approximate surface area is 125 Å². The molecule has 1 saturated heterocycles. The van der Waals surface area contributed by atoms with Crippen LogP contribution in [0.5, 0.6) is 0 Å². The maximum absolute atomic E-state index is 12.1. The molecular formula is C17H22N2O2. The van der Waals surface area contributed by atoms with E-state index >= 15 is 0 Å². The van der Waals surface area contributed by atoms with Crippen LogP contribution < -0.4 is 0 Å². The van der Waals surface area contributed by atoms with E-state index in [0.717, 1.165) is 25.0 Å². The van der Waals surface area contributed by atoms with Crippen molar-refractivity contribution in [3.63, 3.8) is 0 Å². The molecule has 2 heterocycles. The lowest BCUT2D eigenvalue weighted by Crippen LogP contribution is -2.35. The maximum atomic E-state index is 12.1. The Bertz CT molecular complexity index is 654. The molecule has 1 aromatic heterocycles. The highest BCUT2D eigenvalue weighted by Crippen LogP contribution is 2.30. The van der Waals surface area contributed by atoms with Crippen LogP contribution >= 0.6 is 0 Å². The van der Waals surface area contributed by atoms with E-state index in [1.165, 1.54) is 10.9 Å². The van der Waals surface area contributed by atoms with Gasteiger partial charge in [-0.15, -0.1) is 0 Å². The Morgan fingerprint density at radius 3 is 2.90 bits per heavy atom. The summed E-state index contributed by atoms with van der Waals surface area (Å²) in [5.74, 6) is 0.400. The Kier molecular flexibility index (Phi) is 3.40. The van der Waals surface area contributed by atoms with Gasteiger partial charge < -0.3 is 14.6 Å². The number of benzene rings is 1. The molecule has 1 N–H and O–H groups in total. The number of nitrogens with zero attached hydrogens (tertiary/aromatic N) is 1. The summed E-state index contributed by atoms with van der Waals surface area (Å²) >= 11 is 0. The van der Waals surface area contributed by atoms with Crippen molar-refractivity contribution in [2.75, 3.05) is 13.1 Å². The summed E-state index contributed by atoms with van der Waals surface area (Å²) < 4.78 is 5.45. The van der Waals surface area contributed by atoms with Gasteiger partial charge in [-0.2, -0.15) is 0 Å². The zero-order chi connectivity index (χ0) is 15.0. The number of hydrogen-bond donors (Lipinski definition) is 1. The first-order valence-electron chi connectivity index (χ1n) is 7.47. The van der Waals surface area contributed by atoms with Crippen molar-refractivity contribution in [1.29, 1.82) is 0 Å². The summed E-state index contributed by atoms with van der Waals surface area (Å²) in [5.41, 5.74) is 2.02. The van der Waals surface area contributed by atoms with Gasteiger partial charge in [-0.25, -0.2) is 4.79 Å². The van der Waals surface area contributed by atoms with Crippen molar-refractivity contribution in [3.05, 3.63) is 36.0 Å². The van der Waals surface area contributed by atoms with Gasteiger partial charge in [0.15, 0.2) is 0 Å². The number of likely N-dealkylation sites (tertiary alicyclic amines) is 1. The average molecular weight is 286 g/mol. The first-order chi connectivity index (χ1) is 9.92. The van der Waals surface area contributed by atoms with Gasteiger partial charge in [0.2, 0.25) is 0 Å². The number of nitrogens with one attached hydrogen (secondary N) is 1. The number of carbonyl (C=O) groups is 1. The van der Waals surface area contributed by atoms with Crippen LogP contribution in [0.3, 0.4) is 0 Å². The molecule has 0 radical (unpaired) electrons. The number of ether oxygens (including phenoxy) is 1. The fraction of sp³-hybridized carbons (Fsp3) is 0.471. The molecule has 1 aliphatic heterocycles. The van der Waals surface area contributed by atoms with Crippen LogP contribution in [0.1, 0.15) is 38.7 Å². The fourth-order valence-corrected chi connectivity index (χ4v) is 2.85. The molecule has 21 heavy (non-hydrogen) atoms. The van der Waals surface area contributed by atoms with E-state index < -0.39 is 5.60 Å². The van der Waals surface area contributed by atoms with Crippen molar-refractivity contribution in [1.82, 2.24) is 9.88 Å². The van der Waals surface area contributed by atoms with Crippen molar-refractivity contribution in [3.8, 4) is 0 Å². The molecule has 0 bridgehead atoms. The predicted molar refractivity (Wildman–Crippen MR) is 83.5 cm³/mol. The van der Waals surface area contributed by atoms with E-state index in [1.54, 1.807) is 0 Å². The second-order valence-electron chi connectivity index (χ2n) is 6.74. The van der Waals surface area contributed by atoms with Gasteiger partial charge in [0, 0.05) is 30.7 Å². The molecule has 1 atom stereocenters. The highest BCUT2D eigenvalue weighted by molar-refractivity contribution is 5.80. The van der Waals surface area contributed by atoms with Crippen LogP contribution in [-0.2, 0) is 4.74 Å².